The Labute approximate surface area is 322 Å². The third-order valence-corrected chi connectivity index (χ3v) is 10.7. The van der Waals surface area contributed by atoms with Gasteiger partial charge in [-0.25, -0.2) is 15.0 Å². The molecule has 5 nitrogen and oxygen atoms in total. The summed E-state index contributed by atoms with van der Waals surface area (Å²) in [5.41, 5.74) is 12.5. The van der Waals surface area contributed by atoms with Gasteiger partial charge in [-0.15, -0.1) is 0 Å². The van der Waals surface area contributed by atoms with Crippen molar-refractivity contribution >= 4 is 43.7 Å². The number of furan rings is 1. The van der Waals surface area contributed by atoms with Crippen molar-refractivity contribution in [3.8, 4) is 62.1 Å². The summed E-state index contributed by atoms with van der Waals surface area (Å²) in [6.07, 6.45) is 0. The Bertz CT molecular complexity index is 3160. The Kier molecular flexibility index (Phi) is 7.42. The first kappa shape index (κ1) is 31.9. The van der Waals surface area contributed by atoms with Gasteiger partial charge in [0.15, 0.2) is 17.5 Å². The number of fused-ring (bicyclic) bond motifs is 6. The van der Waals surface area contributed by atoms with Crippen LogP contribution >= 0.6 is 0 Å². The van der Waals surface area contributed by atoms with Crippen LogP contribution in [0.4, 0.5) is 0 Å². The summed E-state index contributed by atoms with van der Waals surface area (Å²) >= 11 is 0. The molecule has 0 bridgehead atoms. The molecule has 3 heterocycles. The fourth-order valence-electron chi connectivity index (χ4n) is 8.08. The zero-order valence-electron chi connectivity index (χ0n) is 30.2. The van der Waals surface area contributed by atoms with Gasteiger partial charge >= 0.3 is 0 Å². The number of hydrogen-bond acceptors (Lipinski definition) is 4. The van der Waals surface area contributed by atoms with Gasteiger partial charge in [-0.2, -0.15) is 0 Å². The Balaban J connectivity index is 1.03. The van der Waals surface area contributed by atoms with Crippen molar-refractivity contribution in [1.82, 2.24) is 19.5 Å². The molecule has 0 aliphatic heterocycles. The maximum absolute atomic E-state index is 6.45. The SMILES string of the molecule is c1ccc(-c2nc(-c3ccccc3)nc(-c3cccc4oc5ccc(-c6ccc(-n7c8ccccc8c8c(-c9ccccc9)cccc87)cc6)cc5c34)n2)cc1. The third kappa shape index (κ3) is 5.29. The number of para-hydroxylation sites is 1. The first-order valence-electron chi connectivity index (χ1n) is 18.8. The zero-order valence-corrected chi connectivity index (χ0v) is 30.2. The van der Waals surface area contributed by atoms with Gasteiger partial charge in [-0.3, -0.25) is 0 Å². The second kappa shape index (κ2) is 13.0. The third-order valence-electron chi connectivity index (χ3n) is 10.7. The molecule has 0 unspecified atom stereocenters. The van der Waals surface area contributed by atoms with Crippen molar-refractivity contribution < 1.29 is 4.42 Å². The Hall–Kier alpha value is -7.63. The maximum Gasteiger partial charge on any atom is 0.164 e. The number of rotatable bonds is 6. The number of nitrogens with zero attached hydrogens (tertiary/aromatic N) is 4. The van der Waals surface area contributed by atoms with E-state index in [1.54, 1.807) is 0 Å². The van der Waals surface area contributed by atoms with Crippen LogP contribution in [-0.4, -0.2) is 19.5 Å². The molecule has 262 valence electrons. The van der Waals surface area contributed by atoms with Crippen molar-refractivity contribution in [3.05, 3.63) is 194 Å². The quantitative estimate of drug-likeness (QED) is 0.172. The number of aromatic nitrogens is 4. The Morgan fingerprint density at radius 3 is 1.62 bits per heavy atom. The molecule has 0 N–H and O–H groups in total. The van der Waals surface area contributed by atoms with Crippen LogP contribution in [0.25, 0.3) is 106 Å². The molecule has 0 radical (unpaired) electrons. The van der Waals surface area contributed by atoms with E-state index in [1.807, 2.05) is 72.8 Å². The van der Waals surface area contributed by atoms with E-state index in [-0.39, 0.29) is 0 Å². The average Bonchev–Trinajstić information content (AvgIpc) is 3.83. The average molecular weight is 717 g/mol. The fraction of sp³-hybridized carbons (Fsp3) is 0. The van der Waals surface area contributed by atoms with Crippen molar-refractivity contribution in [2.45, 2.75) is 0 Å². The molecule has 0 saturated heterocycles. The van der Waals surface area contributed by atoms with E-state index in [1.165, 1.54) is 32.9 Å². The van der Waals surface area contributed by atoms with Crippen LogP contribution in [0.3, 0.4) is 0 Å². The predicted octanol–water partition coefficient (Wildman–Crippen LogP) is 13.2. The van der Waals surface area contributed by atoms with E-state index in [9.17, 15) is 0 Å². The van der Waals surface area contributed by atoms with Crippen LogP contribution in [0.2, 0.25) is 0 Å². The summed E-state index contributed by atoms with van der Waals surface area (Å²) < 4.78 is 8.83. The molecule has 0 atom stereocenters. The van der Waals surface area contributed by atoms with Crippen molar-refractivity contribution in [2.75, 3.05) is 0 Å². The van der Waals surface area contributed by atoms with Crippen LogP contribution in [0.1, 0.15) is 0 Å². The molecule has 0 amide bonds. The predicted molar refractivity (Wildman–Crippen MR) is 229 cm³/mol. The minimum Gasteiger partial charge on any atom is -0.456 e. The molecule has 0 saturated carbocycles. The van der Waals surface area contributed by atoms with Gasteiger partial charge in [0.25, 0.3) is 0 Å². The van der Waals surface area contributed by atoms with E-state index < -0.39 is 0 Å². The van der Waals surface area contributed by atoms with Gasteiger partial charge in [0.05, 0.1) is 11.0 Å². The summed E-state index contributed by atoms with van der Waals surface area (Å²) in [4.78, 5) is 15.0. The molecule has 0 aliphatic rings. The summed E-state index contributed by atoms with van der Waals surface area (Å²) in [6, 6.07) is 67.5. The standard InChI is InChI=1S/C51H32N4O/c1-4-14-34(15-5-1)39-21-12-24-44-47(39)40-20-10-11-23-43(40)55(44)38-29-26-33(27-30-38)37-28-31-45-42(32-37)48-41(22-13-25-46(48)56-45)51-53-49(35-16-6-2-7-17-35)52-50(54-51)36-18-8-3-9-19-36/h1-32H. The molecular weight excluding hydrogens is 685 g/mol. The molecule has 5 heteroatoms. The molecule has 3 aromatic heterocycles. The molecule has 0 spiro atoms. The lowest BCUT2D eigenvalue weighted by atomic mass is 9.99. The molecule has 0 fully saturated rings. The Morgan fingerprint density at radius 2 is 0.911 bits per heavy atom. The fourth-order valence-corrected chi connectivity index (χ4v) is 8.08. The molecule has 8 aromatic carbocycles. The first-order valence-corrected chi connectivity index (χ1v) is 18.8. The molecule has 11 aromatic rings. The molecule has 0 aliphatic carbocycles. The van der Waals surface area contributed by atoms with E-state index >= 15 is 0 Å². The maximum atomic E-state index is 6.45. The van der Waals surface area contributed by atoms with Crippen molar-refractivity contribution in [2.24, 2.45) is 0 Å². The topological polar surface area (TPSA) is 56.7 Å². The van der Waals surface area contributed by atoms with Crippen molar-refractivity contribution in [3.63, 3.8) is 0 Å². The number of benzene rings is 8. The van der Waals surface area contributed by atoms with Gasteiger partial charge in [-0.05, 0) is 64.7 Å². The lowest BCUT2D eigenvalue weighted by molar-refractivity contribution is 0.669. The van der Waals surface area contributed by atoms with Crippen LogP contribution in [0.15, 0.2) is 199 Å². The minimum atomic E-state index is 0.599. The molecular formula is C51H32N4O. The normalized spacial score (nSPS) is 11.6. The zero-order chi connectivity index (χ0) is 37.0. The monoisotopic (exact) mass is 716 g/mol. The molecule has 56 heavy (non-hydrogen) atoms. The van der Waals surface area contributed by atoms with E-state index in [2.05, 4.69) is 126 Å². The van der Waals surface area contributed by atoms with Gasteiger partial charge in [0, 0.05) is 43.9 Å². The largest absolute Gasteiger partial charge is 0.456 e. The van der Waals surface area contributed by atoms with Gasteiger partial charge in [0.2, 0.25) is 0 Å². The van der Waals surface area contributed by atoms with Gasteiger partial charge < -0.3 is 8.98 Å². The highest BCUT2D eigenvalue weighted by Gasteiger charge is 2.19. The summed E-state index contributed by atoms with van der Waals surface area (Å²) in [7, 11) is 0. The van der Waals surface area contributed by atoms with Crippen LogP contribution in [-0.2, 0) is 0 Å². The minimum absolute atomic E-state index is 0.599. The smallest absolute Gasteiger partial charge is 0.164 e. The summed E-state index contributed by atoms with van der Waals surface area (Å²) in [5, 5.41) is 4.49. The Morgan fingerprint density at radius 1 is 0.339 bits per heavy atom. The lowest BCUT2D eigenvalue weighted by Gasteiger charge is -2.10. The van der Waals surface area contributed by atoms with Gasteiger partial charge in [-0.1, -0.05) is 152 Å². The second-order valence-corrected chi connectivity index (χ2v) is 14.0. The van der Waals surface area contributed by atoms with E-state index in [0.29, 0.717) is 17.5 Å². The first-order chi connectivity index (χ1) is 27.8. The van der Waals surface area contributed by atoms with Crippen LogP contribution in [0, 0.1) is 0 Å². The molecule has 11 rings (SSSR count). The highest BCUT2D eigenvalue weighted by Crippen LogP contribution is 2.41. The van der Waals surface area contributed by atoms with E-state index in [0.717, 1.165) is 55.4 Å². The highest BCUT2D eigenvalue weighted by molar-refractivity contribution is 6.16. The lowest BCUT2D eigenvalue weighted by Crippen LogP contribution is -2.00. The summed E-state index contributed by atoms with van der Waals surface area (Å²) in [5.74, 6) is 1.85. The van der Waals surface area contributed by atoms with E-state index in [4.69, 9.17) is 19.4 Å². The van der Waals surface area contributed by atoms with Crippen LogP contribution in [0.5, 0.6) is 0 Å². The summed E-state index contributed by atoms with van der Waals surface area (Å²) in [6.45, 7) is 0. The number of hydrogen-bond donors (Lipinski definition) is 0. The second-order valence-electron chi connectivity index (χ2n) is 14.0. The van der Waals surface area contributed by atoms with Gasteiger partial charge in [0.1, 0.15) is 11.2 Å². The van der Waals surface area contributed by atoms with Crippen LogP contribution < -0.4 is 0 Å². The van der Waals surface area contributed by atoms with Crippen molar-refractivity contribution in [1.29, 1.82) is 0 Å². The highest BCUT2D eigenvalue weighted by atomic mass is 16.3.